The lowest BCUT2D eigenvalue weighted by molar-refractivity contribution is -0.169. The monoisotopic (exact) mass is 350 g/mol. The third kappa shape index (κ3) is 3.41. The maximum Gasteiger partial charge on any atom is 0.473 e. The quantitative estimate of drug-likeness (QED) is 0.687. The first-order valence-electron chi connectivity index (χ1n) is 7.14. The fourth-order valence-electron chi connectivity index (χ4n) is 2.47. The highest BCUT2D eigenvalue weighted by Crippen LogP contribution is 2.20. The molecule has 3 aromatic rings. The van der Waals surface area contributed by atoms with E-state index in [1.54, 1.807) is 17.7 Å². The van der Waals surface area contributed by atoms with E-state index in [1.165, 1.54) is 0 Å². The van der Waals surface area contributed by atoms with Crippen LogP contribution in [0.15, 0.2) is 53.7 Å². The van der Waals surface area contributed by atoms with Crippen LogP contribution < -0.4 is 4.80 Å². The Labute approximate surface area is 139 Å². The van der Waals surface area contributed by atoms with Gasteiger partial charge in [0.15, 0.2) is 4.80 Å². The van der Waals surface area contributed by atoms with Gasteiger partial charge in [0.25, 0.3) is 0 Å². The van der Waals surface area contributed by atoms with E-state index in [9.17, 15) is 18.0 Å². The molecule has 0 fully saturated rings. The molecule has 0 bridgehead atoms. The molecule has 3 nitrogen and oxygen atoms in total. The summed E-state index contributed by atoms with van der Waals surface area (Å²) in [6.07, 6.45) is -3.26. The summed E-state index contributed by atoms with van der Waals surface area (Å²) in [5, 5.41) is 2.07. The molecule has 1 aromatic heterocycles. The van der Waals surface area contributed by atoms with Crippen LogP contribution in [0.4, 0.5) is 13.2 Å². The Morgan fingerprint density at radius 2 is 1.88 bits per heavy atom. The van der Waals surface area contributed by atoms with Crippen molar-refractivity contribution in [2.45, 2.75) is 19.6 Å². The molecule has 1 amide bonds. The molecule has 0 aliphatic carbocycles. The third-order valence-electron chi connectivity index (χ3n) is 3.50. The zero-order chi connectivity index (χ0) is 17.3. The van der Waals surface area contributed by atoms with Crippen molar-refractivity contribution in [2.75, 3.05) is 0 Å². The van der Waals surface area contributed by atoms with Crippen LogP contribution in [0.25, 0.3) is 10.8 Å². The molecule has 0 aliphatic heterocycles. The highest BCUT2D eigenvalue weighted by Gasteiger charge is 2.38. The van der Waals surface area contributed by atoms with E-state index >= 15 is 0 Å². The summed E-state index contributed by atoms with van der Waals surface area (Å²) < 4.78 is 39.0. The number of alkyl halides is 3. The maximum absolute atomic E-state index is 12.5. The predicted octanol–water partition coefficient (Wildman–Crippen LogP) is 4.05. The molecule has 0 unspecified atom stereocenters. The van der Waals surface area contributed by atoms with Gasteiger partial charge in [-0.15, -0.1) is 11.3 Å². The molecule has 1 heterocycles. The molecule has 0 N–H and O–H groups in total. The number of nitrogens with zero attached hydrogens (tertiary/aromatic N) is 2. The first-order chi connectivity index (χ1) is 11.3. The normalized spacial score (nSPS) is 12.8. The van der Waals surface area contributed by atoms with Gasteiger partial charge in [-0.1, -0.05) is 42.5 Å². The molecular weight excluding hydrogens is 337 g/mol. The Morgan fingerprint density at radius 1 is 1.17 bits per heavy atom. The van der Waals surface area contributed by atoms with Crippen LogP contribution in [-0.2, 0) is 11.3 Å². The lowest BCUT2D eigenvalue weighted by atomic mass is 10.0. The molecule has 124 valence electrons. The highest BCUT2D eigenvalue weighted by atomic mass is 32.1. The van der Waals surface area contributed by atoms with Gasteiger partial charge in [-0.3, -0.25) is 4.79 Å². The molecule has 0 atom stereocenters. The minimum absolute atomic E-state index is 0.0442. The first kappa shape index (κ1) is 16.4. The van der Waals surface area contributed by atoms with Gasteiger partial charge in [-0.2, -0.15) is 18.2 Å². The summed E-state index contributed by atoms with van der Waals surface area (Å²) in [5.41, 5.74) is 0.951. The van der Waals surface area contributed by atoms with Crippen molar-refractivity contribution in [1.29, 1.82) is 0 Å². The number of rotatable bonds is 2. The Bertz CT molecular complexity index is 964. The number of halogens is 3. The summed E-state index contributed by atoms with van der Waals surface area (Å²) in [5.74, 6) is -2.09. The van der Waals surface area contributed by atoms with Crippen LogP contribution >= 0.6 is 11.3 Å². The van der Waals surface area contributed by atoms with Gasteiger partial charge in [-0.25, -0.2) is 0 Å². The largest absolute Gasteiger partial charge is 0.473 e. The number of carbonyl (C=O) groups excluding carboxylic acids is 1. The molecular formula is C17H13F3N2OS. The molecule has 0 radical (unpaired) electrons. The second kappa shape index (κ2) is 6.24. The fourth-order valence-corrected chi connectivity index (χ4v) is 3.30. The van der Waals surface area contributed by atoms with Crippen molar-refractivity contribution in [2.24, 2.45) is 4.99 Å². The van der Waals surface area contributed by atoms with Crippen LogP contribution in [0.5, 0.6) is 0 Å². The van der Waals surface area contributed by atoms with E-state index < -0.39 is 12.1 Å². The molecule has 0 saturated heterocycles. The van der Waals surface area contributed by atoms with Crippen molar-refractivity contribution in [3.63, 3.8) is 0 Å². The molecule has 24 heavy (non-hydrogen) atoms. The molecule has 0 saturated carbocycles. The van der Waals surface area contributed by atoms with E-state index in [-0.39, 0.29) is 4.80 Å². The molecule has 0 aliphatic rings. The van der Waals surface area contributed by atoms with Gasteiger partial charge in [0.2, 0.25) is 0 Å². The van der Waals surface area contributed by atoms with Gasteiger partial charge in [0, 0.05) is 11.1 Å². The molecule has 7 heteroatoms. The fraction of sp³-hybridized carbons (Fsp3) is 0.176. The summed E-state index contributed by atoms with van der Waals surface area (Å²) >= 11 is 1.06. The van der Waals surface area contributed by atoms with E-state index in [2.05, 4.69) is 4.99 Å². The minimum Gasteiger partial charge on any atom is -0.319 e. The SMILES string of the molecule is Cc1cn(Cc2cccc3ccccc23)/c(=N/C(=O)C(F)(F)F)s1. The van der Waals surface area contributed by atoms with Crippen molar-refractivity contribution in [3.05, 3.63) is 63.9 Å². The van der Waals surface area contributed by atoms with Gasteiger partial charge in [0.05, 0.1) is 6.54 Å². The van der Waals surface area contributed by atoms with Gasteiger partial charge >= 0.3 is 12.1 Å². The maximum atomic E-state index is 12.5. The lowest BCUT2D eigenvalue weighted by Crippen LogP contribution is -2.25. The summed E-state index contributed by atoms with van der Waals surface area (Å²) in [4.78, 5) is 15.2. The van der Waals surface area contributed by atoms with Crippen LogP contribution in [0.3, 0.4) is 0 Å². The van der Waals surface area contributed by atoms with E-state index in [0.717, 1.165) is 32.5 Å². The van der Waals surface area contributed by atoms with Gasteiger partial charge < -0.3 is 4.57 Å². The van der Waals surface area contributed by atoms with Crippen molar-refractivity contribution >= 4 is 28.0 Å². The second-order valence-corrected chi connectivity index (χ2v) is 6.52. The van der Waals surface area contributed by atoms with Gasteiger partial charge in [-0.05, 0) is 23.3 Å². The van der Waals surface area contributed by atoms with Crippen LogP contribution in [0.1, 0.15) is 10.4 Å². The van der Waals surface area contributed by atoms with Crippen LogP contribution in [0.2, 0.25) is 0 Å². The van der Waals surface area contributed by atoms with Crippen molar-refractivity contribution < 1.29 is 18.0 Å². The topological polar surface area (TPSA) is 34.4 Å². The average molecular weight is 350 g/mol. The molecule has 3 rings (SSSR count). The first-order valence-corrected chi connectivity index (χ1v) is 7.95. The van der Waals surface area contributed by atoms with Crippen molar-refractivity contribution in [1.82, 2.24) is 4.57 Å². The van der Waals surface area contributed by atoms with Crippen molar-refractivity contribution in [3.8, 4) is 0 Å². The average Bonchev–Trinajstić information content (AvgIpc) is 2.86. The van der Waals surface area contributed by atoms with E-state index in [1.807, 2.05) is 42.5 Å². The number of fused-ring (bicyclic) bond motifs is 1. The Hall–Kier alpha value is -2.41. The number of benzene rings is 2. The summed E-state index contributed by atoms with van der Waals surface area (Å²) in [7, 11) is 0. The van der Waals surface area contributed by atoms with E-state index in [4.69, 9.17) is 0 Å². The minimum atomic E-state index is -4.96. The third-order valence-corrected chi connectivity index (χ3v) is 4.43. The number of aromatic nitrogens is 1. The summed E-state index contributed by atoms with van der Waals surface area (Å²) in [6.45, 7) is 2.11. The van der Waals surface area contributed by atoms with Crippen LogP contribution in [-0.4, -0.2) is 16.7 Å². The number of hydrogen-bond acceptors (Lipinski definition) is 2. The van der Waals surface area contributed by atoms with Gasteiger partial charge in [0.1, 0.15) is 0 Å². The molecule has 2 aromatic carbocycles. The smallest absolute Gasteiger partial charge is 0.319 e. The Kier molecular flexibility index (Phi) is 4.28. The number of carbonyl (C=O) groups is 1. The number of thiazole rings is 1. The van der Waals surface area contributed by atoms with Crippen LogP contribution in [0, 0.1) is 6.92 Å². The zero-order valence-electron chi connectivity index (χ0n) is 12.7. The Morgan fingerprint density at radius 3 is 2.62 bits per heavy atom. The number of aryl methyl sites for hydroxylation is 1. The predicted molar refractivity (Wildman–Crippen MR) is 86.7 cm³/mol. The standard InChI is InChI=1S/C17H13F3N2OS/c1-11-9-22(16(24-11)21-15(23)17(18,19)20)10-13-7-4-6-12-5-2-3-8-14(12)13/h2-9H,10H2,1H3/b21-16-. The van der Waals surface area contributed by atoms with E-state index in [0.29, 0.717) is 6.54 Å². The lowest BCUT2D eigenvalue weighted by Gasteiger charge is -2.08. The second-order valence-electron chi connectivity index (χ2n) is 5.31. The Balaban J connectivity index is 2.05. The highest BCUT2D eigenvalue weighted by molar-refractivity contribution is 7.09. The number of amides is 1. The summed E-state index contributed by atoms with van der Waals surface area (Å²) in [6, 6.07) is 13.6. The number of hydrogen-bond donors (Lipinski definition) is 0. The zero-order valence-corrected chi connectivity index (χ0v) is 13.5. The molecule has 0 spiro atoms.